The van der Waals surface area contributed by atoms with Crippen molar-refractivity contribution in [2.75, 3.05) is 12.0 Å². The Morgan fingerprint density at radius 1 is 1.71 bits per heavy atom. The van der Waals surface area contributed by atoms with Crippen molar-refractivity contribution in [3.63, 3.8) is 0 Å². The molecule has 0 spiro atoms. The molecule has 0 heterocycles. The molecule has 1 atom stereocenters. The zero-order valence-electron chi connectivity index (χ0n) is 4.98. The Morgan fingerprint density at radius 3 is 2.43 bits per heavy atom. The number of rotatable bonds is 3. The lowest BCUT2D eigenvalue weighted by atomic mass is 10.3. The lowest BCUT2D eigenvalue weighted by Crippen LogP contribution is -2.20. The highest BCUT2D eigenvalue weighted by molar-refractivity contribution is 7.98. The van der Waals surface area contributed by atoms with E-state index in [9.17, 15) is 0 Å². The quantitative estimate of drug-likeness (QED) is 0.601. The summed E-state index contributed by atoms with van der Waals surface area (Å²) in [5.41, 5.74) is 5.56. The van der Waals surface area contributed by atoms with Gasteiger partial charge < -0.3 is 5.73 Å². The second-order valence-corrected chi connectivity index (χ2v) is 2.53. The highest BCUT2D eigenvalue weighted by Gasteiger charge is 1.93. The molecule has 0 aliphatic heterocycles. The normalized spacial score (nSPS) is 14.1. The highest BCUT2D eigenvalue weighted by Crippen LogP contribution is 1.96. The smallest absolute Gasteiger partial charge is 0.0127 e. The molecular formula is C5H13NS. The Labute approximate surface area is 49.7 Å². The summed E-state index contributed by atoms with van der Waals surface area (Å²) < 4.78 is 0. The van der Waals surface area contributed by atoms with E-state index in [0.29, 0.717) is 6.04 Å². The van der Waals surface area contributed by atoms with Crippen LogP contribution in [0.25, 0.3) is 0 Å². The Hall–Kier alpha value is 0.310. The third kappa shape index (κ3) is 4.16. The third-order valence-corrected chi connectivity index (χ3v) is 1.67. The molecule has 44 valence electrons. The van der Waals surface area contributed by atoms with Gasteiger partial charge in [-0.25, -0.2) is 0 Å². The molecule has 7 heavy (non-hydrogen) atoms. The lowest BCUT2D eigenvalue weighted by Gasteiger charge is -2.02. The van der Waals surface area contributed by atoms with Gasteiger partial charge in [0.15, 0.2) is 0 Å². The second-order valence-electron chi connectivity index (χ2n) is 1.62. The Morgan fingerprint density at radius 2 is 2.29 bits per heavy atom. The molecule has 0 aliphatic rings. The Kier molecular flexibility index (Phi) is 4.67. The first-order valence-corrected chi connectivity index (χ1v) is 3.95. The first kappa shape index (κ1) is 7.31. The molecule has 0 rings (SSSR count). The fraction of sp³-hybridized carbons (Fsp3) is 1.00. The summed E-state index contributed by atoms with van der Waals surface area (Å²) in [5, 5.41) is 0. The van der Waals surface area contributed by atoms with Crippen LogP contribution in [0.1, 0.15) is 13.3 Å². The van der Waals surface area contributed by atoms with E-state index in [1.54, 1.807) is 0 Å². The fourth-order valence-corrected chi connectivity index (χ4v) is 0.996. The first-order chi connectivity index (χ1) is 3.31. The van der Waals surface area contributed by atoms with Crippen LogP contribution in [0.3, 0.4) is 0 Å². The van der Waals surface area contributed by atoms with Crippen molar-refractivity contribution in [3.8, 4) is 0 Å². The average Bonchev–Trinajstić information content (AvgIpc) is 1.68. The molecule has 1 nitrogen and oxygen atoms in total. The van der Waals surface area contributed by atoms with Crippen molar-refractivity contribution in [2.45, 2.75) is 19.4 Å². The van der Waals surface area contributed by atoms with Crippen molar-refractivity contribution < 1.29 is 0 Å². The summed E-state index contributed by atoms with van der Waals surface area (Å²) in [7, 11) is 0. The average molecular weight is 119 g/mol. The number of hydrogen-bond acceptors (Lipinski definition) is 2. The molecular weight excluding hydrogens is 106 g/mol. The van der Waals surface area contributed by atoms with E-state index >= 15 is 0 Å². The Bertz CT molecular complexity index is 39.1. The van der Waals surface area contributed by atoms with Crippen LogP contribution in [0.2, 0.25) is 0 Å². The molecule has 0 amide bonds. The predicted octanol–water partition coefficient (Wildman–Crippen LogP) is 1.09. The molecule has 0 bridgehead atoms. The zero-order valence-corrected chi connectivity index (χ0v) is 5.79. The lowest BCUT2D eigenvalue weighted by molar-refractivity contribution is 0.725. The maximum absolute atomic E-state index is 5.56. The molecule has 0 saturated heterocycles. The van der Waals surface area contributed by atoms with Gasteiger partial charge in [-0.2, -0.15) is 11.8 Å². The van der Waals surface area contributed by atoms with Gasteiger partial charge in [0.2, 0.25) is 0 Å². The van der Waals surface area contributed by atoms with Crippen molar-refractivity contribution in [1.29, 1.82) is 0 Å². The SMILES string of the molecule is CC[C@@H](N)CSC. The molecule has 0 saturated carbocycles. The molecule has 0 aromatic carbocycles. The molecule has 0 unspecified atom stereocenters. The molecule has 2 N–H and O–H groups in total. The summed E-state index contributed by atoms with van der Waals surface area (Å²) in [5.74, 6) is 1.09. The van der Waals surface area contributed by atoms with Gasteiger partial charge >= 0.3 is 0 Å². The fourth-order valence-electron chi connectivity index (χ4n) is 0.332. The number of hydrogen-bond donors (Lipinski definition) is 1. The minimum atomic E-state index is 0.412. The first-order valence-electron chi connectivity index (χ1n) is 2.55. The minimum absolute atomic E-state index is 0.412. The van der Waals surface area contributed by atoms with Gasteiger partial charge in [0.05, 0.1) is 0 Å². The minimum Gasteiger partial charge on any atom is -0.327 e. The molecule has 0 fully saturated rings. The molecule has 0 radical (unpaired) electrons. The Balaban J connectivity index is 2.83. The highest BCUT2D eigenvalue weighted by atomic mass is 32.2. The van der Waals surface area contributed by atoms with Gasteiger partial charge in [0, 0.05) is 11.8 Å². The van der Waals surface area contributed by atoms with Crippen LogP contribution >= 0.6 is 11.8 Å². The van der Waals surface area contributed by atoms with E-state index in [1.165, 1.54) is 0 Å². The molecule has 2 heteroatoms. The van der Waals surface area contributed by atoms with Crippen LogP contribution in [-0.2, 0) is 0 Å². The van der Waals surface area contributed by atoms with E-state index in [2.05, 4.69) is 13.2 Å². The van der Waals surface area contributed by atoms with Crippen LogP contribution in [0.4, 0.5) is 0 Å². The van der Waals surface area contributed by atoms with E-state index in [0.717, 1.165) is 12.2 Å². The molecule has 0 aliphatic carbocycles. The van der Waals surface area contributed by atoms with Crippen molar-refractivity contribution in [1.82, 2.24) is 0 Å². The summed E-state index contributed by atoms with van der Waals surface area (Å²) >= 11 is 1.81. The van der Waals surface area contributed by atoms with Crippen LogP contribution in [0, 0.1) is 0 Å². The van der Waals surface area contributed by atoms with Gasteiger partial charge in [-0.05, 0) is 12.7 Å². The maximum Gasteiger partial charge on any atom is 0.0127 e. The van der Waals surface area contributed by atoms with Crippen LogP contribution in [0.15, 0.2) is 0 Å². The largest absolute Gasteiger partial charge is 0.327 e. The van der Waals surface area contributed by atoms with E-state index in [1.807, 2.05) is 11.8 Å². The summed E-state index contributed by atoms with van der Waals surface area (Å²) in [6, 6.07) is 0.412. The summed E-state index contributed by atoms with van der Waals surface area (Å²) in [6.07, 6.45) is 3.18. The van der Waals surface area contributed by atoms with Crippen LogP contribution in [0.5, 0.6) is 0 Å². The van der Waals surface area contributed by atoms with Gasteiger partial charge in [0.1, 0.15) is 0 Å². The maximum atomic E-state index is 5.56. The van der Waals surface area contributed by atoms with E-state index in [4.69, 9.17) is 5.73 Å². The summed E-state index contributed by atoms with van der Waals surface area (Å²) in [6.45, 7) is 2.11. The molecule has 0 aromatic rings. The van der Waals surface area contributed by atoms with E-state index < -0.39 is 0 Å². The zero-order chi connectivity index (χ0) is 5.70. The van der Waals surface area contributed by atoms with Crippen LogP contribution < -0.4 is 5.73 Å². The van der Waals surface area contributed by atoms with Crippen molar-refractivity contribution in [2.24, 2.45) is 5.73 Å². The monoisotopic (exact) mass is 119 g/mol. The topological polar surface area (TPSA) is 26.0 Å². The van der Waals surface area contributed by atoms with Crippen molar-refractivity contribution >= 4 is 11.8 Å². The van der Waals surface area contributed by atoms with E-state index in [-0.39, 0.29) is 0 Å². The number of nitrogens with two attached hydrogens (primary N) is 1. The van der Waals surface area contributed by atoms with Crippen molar-refractivity contribution in [3.05, 3.63) is 0 Å². The standard InChI is InChI=1S/C5H13NS/c1-3-5(6)4-7-2/h5H,3-4,6H2,1-2H3/t5-/m1/s1. The van der Waals surface area contributed by atoms with Gasteiger partial charge in [0.25, 0.3) is 0 Å². The van der Waals surface area contributed by atoms with Gasteiger partial charge in [-0.3, -0.25) is 0 Å². The molecule has 0 aromatic heterocycles. The summed E-state index contributed by atoms with van der Waals surface area (Å²) in [4.78, 5) is 0. The van der Waals surface area contributed by atoms with Gasteiger partial charge in [-0.15, -0.1) is 0 Å². The third-order valence-electron chi connectivity index (χ3n) is 0.905. The van der Waals surface area contributed by atoms with Crippen LogP contribution in [-0.4, -0.2) is 18.1 Å². The number of thioether (sulfide) groups is 1. The second kappa shape index (κ2) is 4.47. The predicted molar refractivity (Wildman–Crippen MR) is 36.6 cm³/mol. The van der Waals surface area contributed by atoms with Gasteiger partial charge in [-0.1, -0.05) is 6.92 Å².